The highest BCUT2D eigenvalue weighted by atomic mass is 16.5. The van der Waals surface area contributed by atoms with Gasteiger partial charge in [-0.15, -0.1) is 0 Å². The van der Waals surface area contributed by atoms with Crippen molar-refractivity contribution in [2.45, 2.75) is 32.7 Å². The van der Waals surface area contributed by atoms with E-state index in [9.17, 15) is 4.79 Å². The van der Waals surface area contributed by atoms with Crippen LogP contribution in [0.5, 0.6) is 5.75 Å². The fourth-order valence-corrected chi connectivity index (χ4v) is 2.54. The van der Waals surface area contributed by atoms with Crippen molar-refractivity contribution in [3.05, 3.63) is 46.8 Å². The van der Waals surface area contributed by atoms with Gasteiger partial charge in [0.1, 0.15) is 11.5 Å². The van der Waals surface area contributed by atoms with E-state index >= 15 is 0 Å². The highest BCUT2D eigenvalue weighted by Crippen LogP contribution is 2.26. The van der Waals surface area contributed by atoms with Gasteiger partial charge >= 0.3 is 0 Å². The van der Waals surface area contributed by atoms with Gasteiger partial charge in [0.05, 0.1) is 6.61 Å². The molecule has 0 bridgehead atoms. The van der Waals surface area contributed by atoms with Crippen LogP contribution in [0.3, 0.4) is 0 Å². The van der Waals surface area contributed by atoms with Gasteiger partial charge in [-0.2, -0.15) is 0 Å². The molecule has 0 aliphatic carbocycles. The van der Waals surface area contributed by atoms with Crippen LogP contribution in [0.2, 0.25) is 0 Å². The summed E-state index contributed by atoms with van der Waals surface area (Å²) in [6.45, 7) is 4.50. The second-order valence-electron chi connectivity index (χ2n) is 5.44. The van der Waals surface area contributed by atoms with Gasteiger partial charge in [0, 0.05) is 18.5 Å². The summed E-state index contributed by atoms with van der Waals surface area (Å²) in [7, 11) is 0. The fraction of sp³-hybridized carbons (Fsp3) is 0.375. The van der Waals surface area contributed by atoms with Gasteiger partial charge in [-0.1, -0.05) is 17.3 Å². The Morgan fingerprint density at radius 3 is 3.05 bits per heavy atom. The van der Waals surface area contributed by atoms with Crippen LogP contribution in [0.15, 0.2) is 28.8 Å². The summed E-state index contributed by atoms with van der Waals surface area (Å²) in [6.07, 6.45) is 1.73. The predicted octanol–water partition coefficient (Wildman–Crippen LogP) is 2.28. The van der Waals surface area contributed by atoms with Crippen molar-refractivity contribution in [3.63, 3.8) is 0 Å². The van der Waals surface area contributed by atoms with Gasteiger partial charge in [-0.3, -0.25) is 4.79 Å². The van der Waals surface area contributed by atoms with Crippen LogP contribution in [0.1, 0.15) is 34.3 Å². The number of nitrogens with zero attached hydrogens (tertiary/aromatic N) is 1. The molecule has 1 aromatic heterocycles. The average Bonchev–Trinajstić information content (AvgIpc) is 3.06. The van der Waals surface area contributed by atoms with E-state index in [2.05, 4.69) is 16.5 Å². The average molecular weight is 286 g/mol. The Kier molecular flexibility index (Phi) is 3.64. The first-order chi connectivity index (χ1) is 10.1. The first-order valence-corrected chi connectivity index (χ1v) is 7.10. The minimum atomic E-state index is -0.205. The molecule has 0 radical (unpaired) electrons. The molecule has 3 rings (SSSR count). The van der Waals surface area contributed by atoms with Crippen LogP contribution in [0.25, 0.3) is 0 Å². The predicted molar refractivity (Wildman–Crippen MR) is 77.5 cm³/mol. The summed E-state index contributed by atoms with van der Waals surface area (Å²) in [4.78, 5) is 12.0. The van der Waals surface area contributed by atoms with Crippen LogP contribution in [-0.4, -0.2) is 23.7 Å². The molecule has 1 atom stereocenters. The zero-order valence-electron chi connectivity index (χ0n) is 12.2. The minimum Gasteiger partial charge on any atom is -0.493 e. The summed E-state index contributed by atoms with van der Waals surface area (Å²) in [5, 5.41) is 6.65. The van der Waals surface area contributed by atoms with Crippen LogP contribution in [-0.2, 0) is 12.8 Å². The topological polar surface area (TPSA) is 64.4 Å². The van der Waals surface area contributed by atoms with E-state index in [1.54, 1.807) is 13.0 Å². The fourth-order valence-electron chi connectivity index (χ4n) is 2.54. The standard InChI is InChI=1S/C16H18N2O3/c1-10(17-16(19)14-8-11(2)21-18-14)7-12-3-4-15-13(9-12)5-6-20-15/h3-4,8-10H,5-7H2,1-2H3,(H,17,19). The van der Waals surface area contributed by atoms with E-state index in [-0.39, 0.29) is 11.9 Å². The first kappa shape index (κ1) is 13.7. The van der Waals surface area contributed by atoms with Gasteiger partial charge < -0.3 is 14.6 Å². The lowest BCUT2D eigenvalue weighted by molar-refractivity contribution is 0.0931. The monoisotopic (exact) mass is 286 g/mol. The summed E-state index contributed by atoms with van der Waals surface area (Å²) in [5.41, 5.74) is 2.77. The van der Waals surface area contributed by atoms with Crippen molar-refractivity contribution < 1.29 is 14.1 Å². The van der Waals surface area contributed by atoms with Crippen molar-refractivity contribution >= 4 is 5.91 Å². The number of aryl methyl sites for hydroxylation is 1. The quantitative estimate of drug-likeness (QED) is 0.936. The molecule has 5 heteroatoms. The van der Waals surface area contributed by atoms with Gasteiger partial charge in [-0.25, -0.2) is 0 Å². The number of rotatable bonds is 4. The van der Waals surface area contributed by atoms with E-state index in [1.165, 1.54) is 11.1 Å². The molecule has 1 aliphatic heterocycles. The lowest BCUT2D eigenvalue weighted by Crippen LogP contribution is -2.34. The Bertz CT molecular complexity index is 663. The second kappa shape index (κ2) is 5.60. The first-order valence-electron chi connectivity index (χ1n) is 7.10. The molecule has 0 saturated carbocycles. The van der Waals surface area contributed by atoms with Crippen LogP contribution in [0, 0.1) is 6.92 Å². The minimum absolute atomic E-state index is 0.0230. The highest BCUT2D eigenvalue weighted by molar-refractivity contribution is 5.92. The van der Waals surface area contributed by atoms with Crippen molar-refractivity contribution in [2.24, 2.45) is 0 Å². The zero-order chi connectivity index (χ0) is 14.8. The number of fused-ring (bicyclic) bond motifs is 1. The maximum absolute atomic E-state index is 12.0. The molecule has 1 aromatic carbocycles. The number of hydrogen-bond donors (Lipinski definition) is 1. The molecule has 110 valence electrons. The van der Waals surface area contributed by atoms with Crippen LogP contribution >= 0.6 is 0 Å². The van der Waals surface area contributed by atoms with Crippen molar-refractivity contribution in [1.82, 2.24) is 10.5 Å². The zero-order valence-corrected chi connectivity index (χ0v) is 12.2. The Hall–Kier alpha value is -2.30. The van der Waals surface area contributed by atoms with Crippen molar-refractivity contribution in [1.29, 1.82) is 0 Å². The van der Waals surface area contributed by atoms with Gasteiger partial charge in [-0.05, 0) is 37.5 Å². The molecular weight excluding hydrogens is 268 g/mol. The lowest BCUT2D eigenvalue weighted by Gasteiger charge is -2.13. The molecule has 2 aromatic rings. The van der Waals surface area contributed by atoms with Gasteiger partial charge in [0.25, 0.3) is 5.91 Å². The Balaban J connectivity index is 1.61. The number of carbonyl (C=O) groups is 1. The van der Waals surface area contributed by atoms with E-state index in [1.807, 2.05) is 19.1 Å². The molecule has 1 amide bonds. The van der Waals surface area contributed by atoms with E-state index in [4.69, 9.17) is 9.26 Å². The van der Waals surface area contributed by atoms with Gasteiger partial charge in [0.2, 0.25) is 0 Å². The number of nitrogens with one attached hydrogen (secondary N) is 1. The van der Waals surface area contributed by atoms with Crippen LogP contribution < -0.4 is 10.1 Å². The van der Waals surface area contributed by atoms with E-state index < -0.39 is 0 Å². The maximum atomic E-state index is 12.0. The largest absolute Gasteiger partial charge is 0.493 e. The number of ether oxygens (including phenoxy) is 1. The lowest BCUT2D eigenvalue weighted by atomic mass is 10.0. The third-order valence-electron chi connectivity index (χ3n) is 3.53. The molecule has 0 spiro atoms. The van der Waals surface area contributed by atoms with Crippen molar-refractivity contribution in [3.8, 4) is 5.75 Å². The smallest absolute Gasteiger partial charge is 0.273 e. The number of hydrogen-bond acceptors (Lipinski definition) is 4. The Morgan fingerprint density at radius 1 is 1.43 bits per heavy atom. The molecule has 2 heterocycles. The number of aromatic nitrogens is 1. The Morgan fingerprint density at radius 2 is 2.29 bits per heavy atom. The summed E-state index contributed by atoms with van der Waals surface area (Å²) in [6, 6.07) is 7.87. The highest BCUT2D eigenvalue weighted by Gasteiger charge is 2.16. The summed E-state index contributed by atoms with van der Waals surface area (Å²) >= 11 is 0. The molecule has 1 N–H and O–H groups in total. The Labute approximate surface area is 123 Å². The second-order valence-corrected chi connectivity index (χ2v) is 5.44. The molecular formula is C16H18N2O3. The number of benzene rings is 1. The SMILES string of the molecule is Cc1cc(C(=O)NC(C)Cc2ccc3c(c2)CCO3)no1. The molecule has 1 aliphatic rings. The molecule has 0 saturated heterocycles. The molecule has 1 unspecified atom stereocenters. The van der Waals surface area contributed by atoms with Crippen LogP contribution in [0.4, 0.5) is 0 Å². The molecule has 0 fully saturated rings. The van der Waals surface area contributed by atoms with E-state index in [0.717, 1.165) is 25.2 Å². The number of amides is 1. The summed E-state index contributed by atoms with van der Waals surface area (Å²) in [5.74, 6) is 1.41. The third-order valence-corrected chi connectivity index (χ3v) is 3.53. The molecule has 21 heavy (non-hydrogen) atoms. The third kappa shape index (κ3) is 3.07. The number of carbonyl (C=O) groups excluding carboxylic acids is 1. The summed E-state index contributed by atoms with van der Waals surface area (Å²) < 4.78 is 10.4. The van der Waals surface area contributed by atoms with Crippen molar-refractivity contribution in [2.75, 3.05) is 6.61 Å². The van der Waals surface area contributed by atoms with Gasteiger partial charge in [0.15, 0.2) is 5.69 Å². The molecule has 5 nitrogen and oxygen atoms in total. The van der Waals surface area contributed by atoms with E-state index in [0.29, 0.717) is 11.5 Å². The maximum Gasteiger partial charge on any atom is 0.273 e. The normalized spacial score (nSPS) is 14.4.